The number of piperidine rings is 1. The molecule has 1 aromatic carbocycles. The molecule has 26 heavy (non-hydrogen) atoms. The molecule has 0 radical (unpaired) electrons. The molecular weight excluding hydrogens is 360 g/mol. The normalized spacial score (nSPS) is 17.0. The van der Waals surface area contributed by atoms with Gasteiger partial charge in [0, 0.05) is 32.1 Å². The summed E-state index contributed by atoms with van der Waals surface area (Å²) >= 11 is 0. The third-order valence-corrected chi connectivity index (χ3v) is 6.66. The fourth-order valence-electron chi connectivity index (χ4n) is 3.39. The zero-order chi connectivity index (χ0) is 18.9. The van der Waals surface area contributed by atoms with Crippen molar-refractivity contribution in [3.63, 3.8) is 0 Å². The summed E-state index contributed by atoms with van der Waals surface area (Å²) in [6, 6.07) is 4.48. The highest BCUT2D eigenvalue weighted by Gasteiger charge is 2.30. The lowest BCUT2D eigenvalue weighted by molar-refractivity contribution is -0.138. The fraction of sp³-hybridized carbons (Fsp3) is 0.529. The topological polar surface area (TPSA) is 110 Å². The Kier molecular flexibility index (Phi) is 5.19. The molecule has 0 saturated carbocycles. The van der Waals surface area contributed by atoms with Crippen LogP contribution in [0.3, 0.4) is 0 Å². The van der Waals surface area contributed by atoms with Gasteiger partial charge in [0.2, 0.25) is 10.0 Å². The zero-order valence-corrected chi connectivity index (χ0v) is 15.4. The van der Waals surface area contributed by atoms with Crippen molar-refractivity contribution in [1.82, 2.24) is 8.87 Å². The molecule has 1 aromatic heterocycles. The number of carbonyl (C=O) groups is 1. The van der Waals surface area contributed by atoms with E-state index >= 15 is 0 Å². The molecule has 0 unspecified atom stereocenters. The summed E-state index contributed by atoms with van der Waals surface area (Å²) < 4.78 is 33.8. The maximum Gasteiger partial charge on any atom is 0.419 e. The number of benzene rings is 1. The Labute approximate surface area is 151 Å². The fourth-order valence-corrected chi connectivity index (χ4v) is 4.88. The molecule has 142 valence electrons. The van der Waals surface area contributed by atoms with E-state index in [-0.39, 0.29) is 22.8 Å². The molecule has 1 aliphatic rings. The molecule has 1 aliphatic heterocycles. The number of fused-ring (bicyclic) bond motifs is 1. The van der Waals surface area contributed by atoms with Gasteiger partial charge in [-0.1, -0.05) is 6.92 Å². The maximum atomic E-state index is 12.9. The van der Waals surface area contributed by atoms with Crippen LogP contribution in [0.4, 0.5) is 0 Å². The molecule has 0 bridgehead atoms. The monoisotopic (exact) mass is 382 g/mol. The number of rotatable bonds is 6. The number of hydrogen-bond donors (Lipinski definition) is 1. The van der Waals surface area contributed by atoms with Crippen LogP contribution in [0.2, 0.25) is 0 Å². The van der Waals surface area contributed by atoms with Gasteiger partial charge in [0.1, 0.15) is 0 Å². The van der Waals surface area contributed by atoms with Crippen molar-refractivity contribution in [2.24, 2.45) is 5.92 Å². The highest BCUT2D eigenvalue weighted by Crippen LogP contribution is 2.27. The predicted octanol–water partition coefficient (Wildman–Crippen LogP) is 1.88. The molecule has 1 N–H and O–H groups in total. The van der Waals surface area contributed by atoms with Crippen LogP contribution >= 0.6 is 0 Å². The number of aromatic nitrogens is 1. The lowest BCUT2D eigenvalue weighted by Crippen LogP contribution is -2.38. The first-order chi connectivity index (χ1) is 12.3. The van der Waals surface area contributed by atoms with Gasteiger partial charge >= 0.3 is 11.7 Å². The van der Waals surface area contributed by atoms with Crippen molar-refractivity contribution >= 4 is 27.1 Å². The molecule has 1 fully saturated rings. The number of aryl methyl sites for hydroxylation is 1. The van der Waals surface area contributed by atoms with Crippen LogP contribution < -0.4 is 5.76 Å². The Hall–Kier alpha value is -2.13. The molecular formula is C17H22N2O6S. The highest BCUT2D eigenvalue weighted by molar-refractivity contribution is 7.89. The van der Waals surface area contributed by atoms with Crippen LogP contribution in [0.1, 0.15) is 32.6 Å². The van der Waals surface area contributed by atoms with E-state index in [1.54, 1.807) is 6.07 Å². The van der Waals surface area contributed by atoms with Gasteiger partial charge < -0.3 is 9.52 Å². The number of hydrogen-bond acceptors (Lipinski definition) is 5. The summed E-state index contributed by atoms with van der Waals surface area (Å²) in [7, 11) is -3.71. The van der Waals surface area contributed by atoms with Gasteiger partial charge in [-0.2, -0.15) is 4.31 Å². The molecule has 0 spiro atoms. The van der Waals surface area contributed by atoms with Crippen molar-refractivity contribution in [3.05, 3.63) is 28.7 Å². The Morgan fingerprint density at radius 3 is 2.62 bits per heavy atom. The second-order valence-corrected chi connectivity index (χ2v) is 8.53. The lowest BCUT2D eigenvalue weighted by Gasteiger charge is -2.30. The first kappa shape index (κ1) is 18.7. The van der Waals surface area contributed by atoms with Gasteiger partial charge in [-0.05, 0) is 37.3 Å². The molecule has 0 amide bonds. The van der Waals surface area contributed by atoms with E-state index in [1.807, 2.05) is 6.92 Å². The van der Waals surface area contributed by atoms with Gasteiger partial charge in [-0.25, -0.2) is 13.2 Å². The Balaban J connectivity index is 1.84. The number of sulfonamides is 1. The van der Waals surface area contributed by atoms with E-state index in [0.717, 1.165) is 6.42 Å². The number of carboxylic acids is 1. The minimum atomic E-state index is -3.71. The minimum absolute atomic E-state index is 0.00234. The van der Waals surface area contributed by atoms with Crippen LogP contribution in [-0.4, -0.2) is 41.5 Å². The van der Waals surface area contributed by atoms with E-state index in [0.29, 0.717) is 38.0 Å². The van der Waals surface area contributed by atoms with Crippen molar-refractivity contribution in [3.8, 4) is 0 Å². The van der Waals surface area contributed by atoms with Crippen LogP contribution in [0, 0.1) is 5.92 Å². The smallest absolute Gasteiger partial charge is 0.419 e. The van der Waals surface area contributed by atoms with Gasteiger partial charge in [0.05, 0.1) is 10.4 Å². The summed E-state index contributed by atoms with van der Waals surface area (Å²) in [6.07, 6.45) is 1.88. The molecule has 2 aromatic rings. The third kappa shape index (κ3) is 3.54. The molecule has 0 atom stereocenters. The van der Waals surface area contributed by atoms with Crippen molar-refractivity contribution < 1.29 is 22.7 Å². The second-order valence-electron chi connectivity index (χ2n) is 6.59. The Morgan fingerprint density at radius 2 is 2.00 bits per heavy atom. The quantitative estimate of drug-likeness (QED) is 0.817. The predicted molar refractivity (Wildman–Crippen MR) is 94.5 cm³/mol. The average Bonchev–Trinajstić information content (AvgIpc) is 2.90. The molecule has 0 aliphatic carbocycles. The van der Waals surface area contributed by atoms with E-state index in [4.69, 9.17) is 9.52 Å². The van der Waals surface area contributed by atoms with E-state index in [1.165, 1.54) is 21.0 Å². The van der Waals surface area contributed by atoms with Crippen molar-refractivity contribution in [2.75, 3.05) is 13.1 Å². The standard InChI is InChI=1S/C17H22N2O6S/c1-2-7-19-14-4-3-13(11-15(14)25-17(19)22)26(23,24)18-8-5-12(6-9-18)10-16(20)21/h3-4,11-12H,2,5-10H2,1H3,(H,20,21). The minimum Gasteiger partial charge on any atom is -0.481 e. The van der Waals surface area contributed by atoms with Gasteiger partial charge in [0.15, 0.2) is 5.58 Å². The summed E-state index contributed by atoms with van der Waals surface area (Å²) in [4.78, 5) is 22.8. The van der Waals surface area contributed by atoms with Crippen molar-refractivity contribution in [1.29, 1.82) is 0 Å². The lowest BCUT2D eigenvalue weighted by atomic mass is 9.95. The first-order valence-electron chi connectivity index (χ1n) is 8.68. The molecule has 9 heteroatoms. The summed E-state index contributed by atoms with van der Waals surface area (Å²) in [6.45, 7) is 3.03. The van der Waals surface area contributed by atoms with Gasteiger partial charge in [-0.3, -0.25) is 9.36 Å². The number of aliphatic carboxylic acids is 1. The van der Waals surface area contributed by atoms with Crippen LogP contribution in [0.5, 0.6) is 0 Å². The summed E-state index contributed by atoms with van der Waals surface area (Å²) in [5, 5.41) is 8.86. The zero-order valence-electron chi connectivity index (χ0n) is 14.6. The molecule has 8 nitrogen and oxygen atoms in total. The van der Waals surface area contributed by atoms with E-state index < -0.39 is 21.7 Å². The number of oxazole rings is 1. The van der Waals surface area contributed by atoms with Crippen LogP contribution in [0.15, 0.2) is 32.3 Å². The number of nitrogens with zero attached hydrogens (tertiary/aromatic N) is 2. The number of carboxylic acid groups (broad SMARTS) is 1. The van der Waals surface area contributed by atoms with Gasteiger partial charge in [-0.15, -0.1) is 0 Å². The Bertz CT molecular complexity index is 967. The highest BCUT2D eigenvalue weighted by atomic mass is 32.2. The van der Waals surface area contributed by atoms with Crippen molar-refractivity contribution in [2.45, 2.75) is 44.0 Å². The Morgan fingerprint density at radius 1 is 1.31 bits per heavy atom. The van der Waals surface area contributed by atoms with Crippen LogP contribution in [-0.2, 0) is 21.4 Å². The average molecular weight is 382 g/mol. The first-order valence-corrected chi connectivity index (χ1v) is 10.1. The van der Waals surface area contributed by atoms with Crippen LogP contribution in [0.25, 0.3) is 11.1 Å². The third-order valence-electron chi connectivity index (χ3n) is 4.76. The second kappa shape index (κ2) is 7.24. The SMILES string of the molecule is CCCn1c(=O)oc2cc(S(=O)(=O)N3CCC(CC(=O)O)CC3)ccc21. The maximum absolute atomic E-state index is 12.9. The van der Waals surface area contributed by atoms with E-state index in [9.17, 15) is 18.0 Å². The molecule has 1 saturated heterocycles. The van der Waals surface area contributed by atoms with Gasteiger partial charge in [0.25, 0.3) is 0 Å². The molecule has 2 heterocycles. The summed E-state index contributed by atoms with van der Waals surface area (Å²) in [5.41, 5.74) is 0.834. The largest absolute Gasteiger partial charge is 0.481 e. The molecule has 3 rings (SSSR count). The summed E-state index contributed by atoms with van der Waals surface area (Å²) in [5.74, 6) is -1.35. The van der Waals surface area contributed by atoms with E-state index in [2.05, 4.69) is 0 Å².